The fourth-order valence-corrected chi connectivity index (χ4v) is 3.62. The minimum Gasteiger partial charge on any atom is -0.497 e. The number of halogens is 1. The highest BCUT2D eigenvalue weighted by molar-refractivity contribution is 7.20. The minimum atomic E-state index is -0.946. The summed E-state index contributed by atoms with van der Waals surface area (Å²) in [5.74, 6) is -0.640. The van der Waals surface area contributed by atoms with Gasteiger partial charge in [-0.15, -0.1) is 11.3 Å². The Labute approximate surface area is 166 Å². The number of esters is 1. The van der Waals surface area contributed by atoms with Crippen molar-refractivity contribution in [3.8, 4) is 5.75 Å². The summed E-state index contributed by atoms with van der Waals surface area (Å²) in [6, 6.07) is 13.7. The van der Waals surface area contributed by atoms with Crippen molar-refractivity contribution in [3.63, 3.8) is 0 Å². The average molecular weight is 401 g/mol. The van der Waals surface area contributed by atoms with E-state index in [4.69, 9.17) is 9.47 Å². The topological polar surface area (TPSA) is 64.6 Å². The van der Waals surface area contributed by atoms with E-state index in [0.717, 1.165) is 22.6 Å². The highest BCUT2D eigenvalue weighted by atomic mass is 32.1. The van der Waals surface area contributed by atoms with Crippen LogP contribution < -0.4 is 10.1 Å². The first kappa shape index (κ1) is 19.8. The first-order valence-corrected chi connectivity index (χ1v) is 9.59. The Morgan fingerprint density at radius 3 is 2.61 bits per heavy atom. The molecule has 3 rings (SSSR count). The fourth-order valence-electron chi connectivity index (χ4n) is 2.66. The van der Waals surface area contributed by atoms with Crippen molar-refractivity contribution in [2.45, 2.75) is 19.4 Å². The van der Waals surface area contributed by atoms with Gasteiger partial charge in [0, 0.05) is 16.6 Å². The van der Waals surface area contributed by atoms with Crippen molar-refractivity contribution in [2.75, 3.05) is 13.7 Å². The number of ether oxygens (including phenoxy) is 2. The number of hydrogen-bond acceptors (Lipinski definition) is 5. The quantitative estimate of drug-likeness (QED) is 0.609. The molecule has 0 aliphatic carbocycles. The zero-order valence-corrected chi connectivity index (χ0v) is 16.3. The molecule has 1 amide bonds. The van der Waals surface area contributed by atoms with Crippen LogP contribution in [-0.4, -0.2) is 31.6 Å². The van der Waals surface area contributed by atoms with Crippen LogP contribution in [0, 0.1) is 5.82 Å². The molecule has 0 fully saturated rings. The Bertz CT molecular complexity index is 984. The van der Waals surface area contributed by atoms with Crippen LogP contribution in [-0.2, 0) is 16.0 Å². The second kappa shape index (κ2) is 8.84. The van der Waals surface area contributed by atoms with E-state index in [1.165, 1.54) is 19.1 Å². The third-order valence-electron chi connectivity index (χ3n) is 4.23. The van der Waals surface area contributed by atoms with E-state index >= 15 is 0 Å². The maximum atomic E-state index is 13.8. The molecule has 0 saturated heterocycles. The Kier molecular flexibility index (Phi) is 6.26. The zero-order chi connectivity index (χ0) is 20.1. The summed E-state index contributed by atoms with van der Waals surface area (Å²) in [6.07, 6.45) is -0.301. The van der Waals surface area contributed by atoms with E-state index in [9.17, 15) is 14.0 Å². The number of hydrogen-bond donors (Lipinski definition) is 1. The molecule has 1 N–H and O–H groups in total. The monoisotopic (exact) mass is 401 g/mol. The maximum absolute atomic E-state index is 13.8. The first-order valence-electron chi connectivity index (χ1n) is 8.77. The molecule has 0 aliphatic heterocycles. The maximum Gasteiger partial charge on any atom is 0.349 e. The van der Waals surface area contributed by atoms with Gasteiger partial charge >= 0.3 is 5.97 Å². The average Bonchev–Trinajstić information content (AvgIpc) is 3.14. The van der Waals surface area contributed by atoms with Crippen molar-refractivity contribution in [3.05, 3.63) is 64.8 Å². The van der Waals surface area contributed by atoms with Gasteiger partial charge in [0.05, 0.1) is 7.11 Å². The minimum absolute atomic E-state index is 0.262. The molecule has 5 nitrogen and oxygen atoms in total. The van der Waals surface area contributed by atoms with Gasteiger partial charge in [-0.25, -0.2) is 9.18 Å². The summed E-state index contributed by atoms with van der Waals surface area (Å²) in [5, 5.41) is 3.12. The SMILES string of the molecule is COc1ccc(CCNC(=O)C(C)OC(=O)c2cc3c(F)cccc3s2)cc1. The van der Waals surface area contributed by atoms with Gasteiger partial charge in [0.25, 0.3) is 5.91 Å². The lowest BCUT2D eigenvalue weighted by Gasteiger charge is -2.13. The molecule has 0 saturated carbocycles. The number of thiophene rings is 1. The molecule has 0 aliphatic rings. The summed E-state index contributed by atoms with van der Waals surface area (Å²) in [4.78, 5) is 24.7. The van der Waals surface area contributed by atoms with Crippen molar-refractivity contribution in [2.24, 2.45) is 0 Å². The molecule has 1 atom stereocenters. The van der Waals surface area contributed by atoms with Crippen LogP contribution >= 0.6 is 11.3 Å². The lowest BCUT2D eigenvalue weighted by Crippen LogP contribution is -2.36. The number of amides is 1. The van der Waals surface area contributed by atoms with Crippen LogP contribution in [0.4, 0.5) is 4.39 Å². The fraction of sp³-hybridized carbons (Fsp3) is 0.238. The van der Waals surface area contributed by atoms with E-state index in [1.807, 2.05) is 24.3 Å². The van der Waals surface area contributed by atoms with E-state index in [-0.39, 0.29) is 10.8 Å². The van der Waals surface area contributed by atoms with Gasteiger partial charge in [0.2, 0.25) is 0 Å². The number of nitrogens with one attached hydrogen (secondary N) is 1. The van der Waals surface area contributed by atoms with Gasteiger partial charge in [-0.05, 0) is 49.2 Å². The predicted molar refractivity (Wildman–Crippen MR) is 106 cm³/mol. The summed E-state index contributed by atoms with van der Waals surface area (Å²) in [5.41, 5.74) is 1.05. The Balaban J connectivity index is 1.51. The van der Waals surface area contributed by atoms with E-state index in [2.05, 4.69) is 5.32 Å². The van der Waals surface area contributed by atoms with E-state index < -0.39 is 17.9 Å². The highest BCUT2D eigenvalue weighted by Gasteiger charge is 2.20. The number of carbonyl (C=O) groups excluding carboxylic acids is 2. The molecule has 1 aromatic heterocycles. The van der Waals surface area contributed by atoms with Gasteiger partial charge < -0.3 is 14.8 Å². The highest BCUT2D eigenvalue weighted by Crippen LogP contribution is 2.28. The largest absolute Gasteiger partial charge is 0.497 e. The second-order valence-corrected chi connectivity index (χ2v) is 7.28. The van der Waals surface area contributed by atoms with Gasteiger partial charge in [-0.2, -0.15) is 0 Å². The molecule has 0 radical (unpaired) electrons. The summed E-state index contributed by atoms with van der Waals surface area (Å²) in [6.45, 7) is 1.93. The van der Waals surface area contributed by atoms with Crippen LogP contribution in [0.1, 0.15) is 22.2 Å². The summed E-state index contributed by atoms with van der Waals surface area (Å²) < 4.78 is 24.7. The number of fused-ring (bicyclic) bond motifs is 1. The first-order chi connectivity index (χ1) is 13.5. The van der Waals surface area contributed by atoms with Gasteiger partial charge in [-0.1, -0.05) is 18.2 Å². The molecule has 146 valence electrons. The normalized spacial score (nSPS) is 11.8. The molecule has 2 aromatic carbocycles. The van der Waals surface area contributed by atoms with Crippen LogP contribution in [0.3, 0.4) is 0 Å². The second-order valence-electron chi connectivity index (χ2n) is 6.20. The third-order valence-corrected chi connectivity index (χ3v) is 5.31. The van der Waals surface area contributed by atoms with Crippen molar-refractivity contribution < 1.29 is 23.5 Å². The lowest BCUT2D eigenvalue weighted by atomic mass is 10.1. The molecule has 1 heterocycles. The molecular weight excluding hydrogens is 381 g/mol. The molecule has 0 spiro atoms. The molecule has 28 heavy (non-hydrogen) atoms. The number of carbonyl (C=O) groups is 2. The Hall–Kier alpha value is -2.93. The van der Waals surface area contributed by atoms with Crippen LogP contribution in [0.2, 0.25) is 0 Å². The number of methoxy groups -OCH3 is 1. The van der Waals surface area contributed by atoms with Gasteiger partial charge in [0.15, 0.2) is 6.10 Å². The number of rotatable bonds is 7. The van der Waals surface area contributed by atoms with E-state index in [1.54, 1.807) is 19.2 Å². The third kappa shape index (κ3) is 4.67. The van der Waals surface area contributed by atoms with Crippen molar-refractivity contribution in [1.29, 1.82) is 0 Å². The van der Waals surface area contributed by atoms with Gasteiger partial charge in [0.1, 0.15) is 16.4 Å². The van der Waals surface area contributed by atoms with Gasteiger partial charge in [-0.3, -0.25) is 4.79 Å². The van der Waals surface area contributed by atoms with Crippen LogP contribution in [0.15, 0.2) is 48.5 Å². The van der Waals surface area contributed by atoms with Crippen LogP contribution in [0.5, 0.6) is 5.75 Å². The molecule has 1 unspecified atom stereocenters. The van der Waals surface area contributed by atoms with E-state index in [0.29, 0.717) is 23.1 Å². The Morgan fingerprint density at radius 2 is 1.93 bits per heavy atom. The Morgan fingerprint density at radius 1 is 1.18 bits per heavy atom. The smallest absolute Gasteiger partial charge is 0.349 e. The van der Waals surface area contributed by atoms with Crippen molar-refractivity contribution >= 4 is 33.3 Å². The zero-order valence-electron chi connectivity index (χ0n) is 15.5. The van der Waals surface area contributed by atoms with Crippen LogP contribution in [0.25, 0.3) is 10.1 Å². The molecule has 3 aromatic rings. The standard InChI is InChI=1S/C21H20FNO4S/c1-13(20(24)23-11-10-14-6-8-15(26-2)9-7-14)27-21(25)19-12-16-17(22)4-3-5-18(16)28-19/h3-9,12-13H,10-11H2,1-2H3,(H,23,24). The molecule has 7 heteroatoms. The molecule has 0 bridgehead atoms. The number of benzene rings is 2. The summed E-state index contributed by atoms with van der Waals surface area (Å²) in [7, 11) is 1.60. The lowest BCUT2D eigenvalue weighted by molar-refractivity contribution is -0.129. The molecular formula is C21H20FNO4S. The summed E-state index contributed by atoms with van der Waals surface area (Å²) >= 11 is 1.13. The van der Waals surface area contributed by atoms with Crippen molar-refractivity contribution in [1.82, 2.24) is 5.32 Å². The predicted octanol–water partition coefficient (Wildman–Crippen LogP) is 3.95.